The predicted molar refractivity (Wildman–Crippen MR) is 147 cm³/mol. The van der Waals surface area contributed by atoms with Gasteiger partial charge in [0.1, 0.15) is 0 Å². The molecule has 0 spiro atoms. The number of hydrogen-bond donors (Lipinski definition) is 0. The number of anilines is 2. The van der Waals surface area contributed by atoms with Gasteiger partial charge in [-0.3, -0.25) is 4.79 Å². The van der Waals surface area contributed by atoms with E-state index in [1.807, 2.05) is 0 Å². The zero-order valence-corrected chi connectivity index (χ0v) is 21.9. The van der Waals surface area contributed by atoms with E-state index in [2.05, 4.69) is 124 Å². The second-order valence-electron chi connectivity index (χ2n) is 11.1. The molecule has 3 heteroatoms. The monoisotopic (exact) mass is 464 g/mol. The fourth-order valence-corrected chi connectivity index (χ4v) is 6.18. The van der Waals surface area contributed by atoms with Crippen molar-refractivity contribution in [2.45, 2.75) is 57.8 Å². The molecule has 0 bridgehead atoms. The molecular weight excluding hydrogens is 428 g/mol. The lowest BCUT2D eigenvalue weighted by Gasteiger charge is -2.24. The first-order valence-corrected chi connectivity index (χ1v) is 12.7. The highest BCUT2D eigenvalue weighted by Crippen LogP contribution is 2.48. The molecule has 2 heterocycles. The zero-order valence-electron chi connectivity index (χ0n) is 21.9. The summed E-state index contributed by atoms with van der Waals surface area (Å²) in [5, 5.41) is 0. The van der Waals surface area contributed by atoms with E-state index in [4.69, 9.17) is 0 Å². The van der Waals surface area contributed by atoms with Crippen molar-refractivity contribution in [1.29, 1.82) is 0 Å². The molecule has 0 saturated heterocycles. The van der Waals surface area contributed by atoms with Crippen LogP contribution in [-0.4, -0.2) is 19.9 Å². The highest BCUT2D eigenvalue weighted by molar-refractivity contribution is 6.09. The van der Waals surface area contributed by atoms with Crippen LogP contribution in [0.4, 0.5) is 11.4 Å². The summed E-state index contributed by atoms with van der Waals surface area (Å²) in [5.41, 5.74) is 9.26. The number of benzene rings is 2. The Balaban J connectivity index is 1.43. The van der Waals surface area contributed by atoms with Gasteiger partial charge < -0.3 is 9.80 Å². The Hall–Kier alpha value is -3.33. The van der Waals surface area contributed by atoms with E-state index in [0.717, 1.165) is 30.4 Å². The molecule has 5 rings (SSSR count). The van der Waals surface area contributed by atoms with Crippen LogP contribution in [0.25, 0.3) is 0 Å². The van der Waals surface area contributed by atoms with Crippen LogP contribution in [0.1, 0.15) is 58.1 Å². The first kappa shape index (κ1) is 23.4. The summed E-state index contributed by atoms with van der Waals surface area (Å²) in [6.07, 6.45) is 11.2. The quantitative estimate of drug-likeness (QED) is 0.439. The smallest absolute Gasteiger partial charge is 0.184 e. The number of carbonyl (C=O) groups excluding carboxylic acids is 1. The topological polar surface area (TPSA) is 23.6 Å². The minimum atomic E-state index is -0.0865. The fraction of sp³-hybridized carbons (Fsp3) is 0.344. The van der Waals surface area contributed by atoms with Gasteiger partial charge in [0.15, 0.2) is 5.78 Å². The summed E-state index contributed by atoms with van der Waals surface area (Å²) < 4.78 is 0. The summed E-state index contributed by atoms with van der Waals surface area (Å²) in [6.45, 7) is 9.05. The molecule has 0 N–H and O–H groups in total. The van der Waals surface area contributed by atoms with E-state index in [1.165, 1.54) is 33.9 Å². The Morgan fingerprint density at radius 1 is 0.657 bits per heavy atom. The molecule has 0 radical (unpaired) electrons. The van der Waals surface area contributed by atoms with Gasteiger partial charge in [0, 0.05) is 47.7 Å². The molecule has 0 aromatic heterocycles. The van der Waals surface area contributed by atoms with E-state index in [9.17, 15) is 4.79 Å². The van der Waals surface area contributed by atoms with Crippen molar-refractivity contribution in [2.24, 2.45) is 0 Å². The lowest BCUT2D eigenvalue weighted by atomic mass is 9.82. The van der Waals surface area contributed by atoms with Crippen molar-refractivity contribution in [3.8, 4) is 0 Å². The fourth-order valence-electron chi connectivity index (χ4n) is 6.18. The minimum absolute atomic E-state index is 0.0865. The molecule has 1 fully saturated rings. The summed E-state index contributed by atoms with van der Waals surface area (Å²) in [7, 11) is 4.24. The Labute approximate surface area is 210 Å². The van der Waals surface area contributed by atoms with E-state index in [-0.39, 0.29) is 16.6 Å². The lowest BCUT2D eigenvalue weighted by Crippen LogP contribution is -2.23. The van der Waals surface area contributed by atoms with Crippen LogP contribution < -0.4 is 9.80 Å². The largest absolute Gasteiger partial charge is 0.347 e. The van der Waals surface area contributed by atoms with Gasteiger partial charge >= 0.3 is 0 Å². The van der Waals surface area contributed by atoms with Gasteiger partial charge in [-0.05, 0) is 65.8 Å². The highest BCUT2D eigenvalue weighted by Gasteiger charge is 2.39. The standard InChI is InChI=1S/C32H36N2O/c1-31(2)24-14-7-9-16-26(24)33(5)28(31)20-18-22-12-11-13-23(30(22)35)19-21-29-32(3,4)25-15-8-10-17-27(25)34(29)6/h7-10,14-21H,11-13H2,1-6H3/b22-18+,23-19+,28-20+,29-21+. The van der Waals surface area contributed by atoms with Gasteiger partial charge in [0.05, 0.1) is 0 Å². The van der Waals surface area contributed by atoms with Crippen molar-refractivity contribution in [2.75, 3.05) is 23.9 Å². The van der Waals surface area contributed by atoms with Gasteiger partial charge in [0.2, 0.25) is 0 Å². The maximum Gasteiger partial charge on any atom is 0.184 e. The zero-order chi connectivity index (χ0) is 25.0. The lowest BCUT2D eigenvalue weighted by molar-refractivity contribution is -0.113. The predicted octanol–water partition coefficient (Wildman–Crippen LogP) is 7.22. The Morgan fingerprint density at radius 2 is 1.06 bits per heavy atom. The van der Waals surface area contributed by atoms with Crippen LogP contribution in [0.5, 0.6) is 0 Å². The second kappa shape index (κ2) is 8.41. The van der Waals surface area contributed by atoms with Gasteiger partial charge in [0.25, 0.3) is 0 Å². The van der Waals surface area contributed by atoms with Crippen LogP contribution in [0.15, 0.2) is 95.4 Å². The molecule has 35 heavy (non-hydrogen) atoms. The summed E-state index contributed by atoms with van der Waals surface area (Å²) >= 11 is 0. The van der Waals surface area contributed by atoms with Gasteiger partial charge in [-0.15, -0.1) is 0 Å². The number of para-hydroxylation sites is 2. The second-order valence-corrected chi connectivity index (χ2v) is 11.1. The number of rotatable bonds is 2. The van der Waals surface area contributed by atoms with Crippen LogP contribution in [-0.2, 0) is 15.6 Å². The number of carbonyl (C=O) groups is 1. The SMILES string of the molecule is CN1/C(=C/C=C2\CCC/C(=C\C=C3\N(C)c4ccccc4C3(C)C)C2=O)C(C)(C)c2ccccc21. The van der Waals surface area contributed by atoms with Gasteiger partial charge in [-0.2, -0.15) is 0 Å². The number of ketones is 1. The van der Waals surface area contributed by atoms with Crippen molar-refractivity contribution < 1.29 is 4.79 Å². The minimum Gasteiger partial charge on any atom is -0.347 e. The number of Topliss-reactive ketones (excluding diaryl/α,β-unsaturated/α-hetero) is 1. The van der Waals surface area contributed by atoms with Crippen LogP contribution >= 0.6 is 0 Å². The number of likely N-dealkylation sites (N-methyl/N-ethyl adjacent to an activating group) is 2. The van der Waals surface area contributed by atoms with Crippen molar-refractivity contribution in [1.82, 2.24) is 0 Å². The van der Waals surface area contributed by atoms with Crippen molar-refractivity contribution in [3.63, 3.8) is 0 Å². The summed E-state index contributed by atoms with van der Waals surface area (Å²) in [6, 6.07) is 17.1. The molecule has 0 amide bonds. The van der Waals surface area contributed by atoms with Crippen LogP contribution in [0.3, 0.4) is 0 Å². The maximum absolute atomic E-state index is 13.4. The number of hydrogen-bond acceptors (Lipinski definition) is 3. The average Bonchev–Trinajstić information content (AvgIpc) is 3.16. The molecule has 180 valence electrons. The van der Waals surface area contributed by atoms with Crippen molar-refractivity contribution in [3.05, 3.63) is 107 Å². The molecule has 3 nitrogen and oxygen atoms in total. The third-order valence-electron chi connectivity index (χ3n) is 8.24. The molecule has 2 aromatic carbocycles. The van der Waals surface area contributed by atoms with Gasteiger partial charge in [-0.25, -0.2) is 0 Å². The van der Waals surface area contributed by atoms with E-state index in [0.29, 0.717) is 0 Å². The molecular formula is C32H36N2O. The van der Waals surface area contributed by atoms with Crippen LogP contribution in [0, 0.1) is 0 Å². The molecule has 0 atom stereocenters. The Kier molecular flexibility index (Phi) is 5.62. The molecule has 1 aliphatic carbocycles. The Morgan fingerprint density at radius 3 is 1.46 bits per heavy atom. The van der Waals surface area contributed by atoms with E-state index < -0.39 is 0 Å². The third-order valence-corrected chi connectivity index (χ3v) is 8.24. The molecule has 0 unspecified atom stereocenters. The Bertz CT molecular complexity index is 1220. The molecule has 1 saturated carbocycles. The van der Waals surface area contributed by atoms with E-state index >= 15 is 0 Å². The average molecular weight is 465 g/mol. The molecule has 2 aliphatic heterocycles. The number of allylic oxidation sites excluding steroid dienone is 8. The maximum atomic E-state index is 13.4. The van der Waals surface area contributed by atoms with E-state index in [1.54, 1.807) is 0 Å². The summed E-state index contributed by atoms with van der Waals surface area (Å²) in [4.78, 5) is 18.0. The molecule has 2 aromatic rings. The first-order chi connectivity index (χ1) is 16.6. The highest BCUT2D eigenvalue weighted by atomic mass is 16.1. The number of nitrogens with zero attached hydrogens (tertiary/aromatic N) is 2. The van der Waals surface area contributed by atoms with Crippen LogP contribution in [0.2, 0.25) is 0 Å². The molecule has 3 aliphatic rings. The van der Waals surface area contributed by atoms with Crippen molar-refractivity contribution >= 4 is 17.2 Å². The first-order valence-electron chi connectivity index (χ1n) is 12.7. The number of fused-ring (bicyclic) bond motifs is 2. The van der Waals surface area contributed by atoms with Gasteiger partial charge in [-0.1, -0.05) is 76.2 Å². The third kappa shape index (κ3) is 3.69. The summed E-state index contributed by atoms with van der Waals surface area (Å²) in [5.74, 6) is 0.192. The normalized spacial score (nSPS) is 25.1.